The highest BCUT2D eigenvalue weighted by Gasteiger charge is 2.75. The number of nitrogens with one attached hydrogen (secondary N) is 1. The van der Waals surface area contributed by atoms with Crippen molar-refractivity contribution in [3.05, 3.63) is 29.3 Å². The van der Waals surface area contributed by atoms with E-state index in [1.54, 1.807) is 23.6 Å². The van der Waals surface area contributed by atoms with Crippen molar-refractivity contribution in [2.75, 3.05) is 25.1 Å². The van der Waals surface area contributed by atoms with Crippen molar-refractivity contribution in [3.63, 3.8) is 0 Å². The summed E-state index contributed by atoms with van der Waals surface area (Å²) >= 11 is 5.34. The number of ether oxygens (including phenoxy) is 1. The van der Waals surface area contributed by atoms with Gasteiger partial charge in [-0.3, -0.25) is 14.4 Å². The average molecular weight is 539 g/mol. The number of unbranched alkanes of at least 4 members (excludes halogenated alkanes) is 1. The number of aliphatic hydroxyl groups is 1. The number of aliphatic hydroxyl groups excluding tert-OH is 1. The second kappa shape index (κ2) is 9.58. The second-order valence-electron chi connectivity index (χ2n) is 9.13. The van der Waals surface area contributed by atoms with Crippen LogP contribution < -0.4 is 5.32 Å². The molecule has 2 bridgehead atoms. The van der Waals surface area contributed by atoms with Crippen molar-refractivity contribution >= 4 is 51.2 Å². The van der Waals surface area contributed by atoms with Crippen LogP contribution in [0, 0.1) is 25.7 Å². The number of carbonyl (C=O) groups excluding carboxylic acids is 3. The summed E-state index contributed by atoms with van der Waals surface area (Å²) in [5.41, 5.74) is 2.68. The number of likely N-dealkylation sites (tertiary alicyclic amines) is 1. The van der Waals surface area contributed by atoms with E-state index in [0.717, 1.165) is 16.8 Å². The Kier molecular flexibility index (Phi) is 7.13. The van der Waals surface area contributed by atoms with E-state index in [1.165, 1.54) is 0 Å². The number of esters is 1. The molecule has 3 fully saturated rings. The highest BCUT2D eigenvalue weighted by Crippen LogP contribution is 2.67. The van der Waals surface area contributed by atoms with Crippen molar-refractivity contribution in [1.82, 2.24) is 4.90 Å². The number of alkyl halides is 1. The Morgan fingerprint density at radius 2 is 2.00 bits per heavy atom. The molecule has 0 saturated carbocycles. The lowest BCUT2D eigenvalue weighted by Gasteiger charge is -2.35. The molecule has 2 N–H and O–H groups in total. The Morgan fingerprint density at radius 3 is 2.64 bits per heavy atom. The summed E-state index contributed by atoms with van der Waals surface area (Å²) in [6.07, 6.45) is 1.77. The number of hydrogen-bond donors (Lipinski definition) is 2. The van der Waals surface area contributed by atoms with Crippen LogP contribution in [0.1, 0.15) is 37.3 Å². The molecule has 33 heavy (non-hydrogen) atoms. The van der Waals surface area contributed by atoms with Gasteiger partial charge in [0.05, 0.1) is 23.2 Å². The summed E-state index contributed by atoms with van der Waals surface area (Å²) in [7, 11) is 0. The summed E-state index contributed by atoms with van der Waals surface area (Å²) < 4.78 is 4.67. The number of para-hydroxylation sites is 1. The Morgan fingerprint density at radius 1 is 1.30 bits per heavy atom. The maximum absolute atomic E-state index is 13.8. The number of amides is 2. The molecule has 3 unspecified atom stereocenters. The van der Waals surface area contributed by atoms with Crippen molar-refractivity contribution in [2.45, 2.75) is 60.9 Å². The lowest BCUT2D eigenvalue weighted by Crippen LogP contribution is -2.52. The first kappa shape index (κ1) is 24.5. The number of fused-ring (bicyclic) bond motifs is 1. The zero-order valence-corrected chi connectivity index (χ0v) is 21.6. The third-order valence-corrected chi connectivity index (χ3v) is 10.4. The van der Waals surface area contributed by atoms with Crippen LogP contribution in [-0.4, -0.2) is 68.4 Å². The third-order valence-electron chi connectivity index (χ3n) is 7.13. The minimum Gasteiger partial charge on any atom is -0.466 e. The van der Waals surface area contributed by atoms with Crippen LogP contribution in [0.2, 0.25) is 0 Å². The Balaban J connectivity index is 1.72. The first-order chi connectivity index (χ1) is 15.8. The lowest BCUT2D eigenvalue weighted by molar-refractivity contribution is -0.153. The molecule has 4 rings (SSSR count). The quantitative estimate of drug-likeness (QED) is 0.300. The number of thioether (sulfide) groups is 1. The molecule has 180 valence electrons. The van der Waals surface area contributed by atoms with E-state index in [1.807, 2.05) is 32.0 Å². The topological polar surface area (TPSA) is 95.9 Å². The van der Waals surface area contributed by atoms with Crippen molar-refractivity contribution in [2.24, 2.45) is 11.8 Å². The lowest BCUT2D eigenvalue weighted by atomic mass is 9.71. The van der Waals surface area contributed by atoms with Gasteiger partial charge in [-0.05, 0) is 51.2 Å². The van der Waals surface area contributed by atoms with E-state index < -0.39 is 22.6 Å². The van der Waals surface area contributed by atoms with Crippen molar-refractivity contribution < 1.29 is 24.2 Å². The summed E-state index contributed by atoms with van der Waals surface area (Å²) in [5.74, 6) is -1.88. The second-order valence-corrected chi connectivity index (χ2v) is 11.9. The summed E-state index contributed by atoms with van der Waals surface area (Å²) in [4.78, 5) is 42.2. The highest BCUT2D eigenvalue weighted by molar-refractivity contribution is 9.09. The number of rotatable bonds is 8. The first-order valence-corrected chi connectivity index (χ1v) is 13.3. The van der Waals surface area contributed by atoms with E-state index in [9.17, 15) is 19.5 Å². The molecule has 0 aromatic heterocycles. The Hall–Kier alpha value is -1.58. The van der Waals surface area contributed by atoms with Gasteiger partial charge in [0.15, 0.2) is 0 Å². The molecule has 9 heteroatoms. The number of hydrogen-bond acceptors (Lipinski definition) is 6. The number of aryl methyl sites for hydroxylation is 2. The van der Waals surface area contributed by atoms with Gasteiger partial charge in [0, 0.05) is 28.9 Å². The molecule has 3 saturated heterocycles. The SMILES string of the molecule is CCOC(=O)[C@H]1[C@@H]2SC3(CC2Br)C(C(=O)Nc2c(C)cccc2C)N(CCCCO)C(=O)[C@H]13. The zero-order chi connectivity index (χ0) is 23.9. The van der Waals surface area contributed by atoms with Crippen LogP contribution in [0.3, 0.4) is 0 Å². The van der Waals surface area contributed by atoms with Gasteiger partial charge in [-0.15, -0.1) is 11.8 Å². The van der Waals surface area contributed by atoms with Gasteiger partial charge in [-0.1, -0.05) is 34.1 Å². The van der Waals surface area contributed by atoms with E-state index >= 15 is 0 Å². The molecule has 3 aliphatic heterocycles. The van der Waals surface area contributed by atoms with E-state index in [0.29, 0.717) is 25.8 Å². The largest absolute Gasteiger partial charge is 0.466 e. The molecular weight excluding hydrogens is 508 g/mol. The highest BCUT2D eigenvalue weighted by atomic mass is 79.9. The minimum atomic E-state index is -0.692. The predicted octanol–water partition coefficient (Wildman–Crippen LogP) is 3.04. The summed E-state index contributed by atoms with van der Waals surface area (Å²) in [6, 6.07) is 5.15. The predicted molar refractivity (Wildman–Crippen MR) is 131 cm³/mol. The van der Waals surface area contributed by atoms with Gasteiger partial charge in [-0.25, -0.2) is 0 Å². The molecule has 1 spiro atoms. The monoisotopic (exact) mass is 538 g/mol. The molecule has 3 aliphatic rings. The van der Waals surface area contributed by atoms with E-state index in [-0.39, 0.29) is 41.1 Å². The Bertz CT molecular complexity index is 939. The maximum Gasteiger partial charge on any atom is 0.310 e. The number of halogens is 1. The summed E-state index contributed by atoms with van der Waals surface area (Å²) in [6.45, 7) is 6.31. The van der Waals surface area contributed by atoms with Gasteiger partial charge in [0.2, 0.25) is 11.8 Å². The number of anilines is 1. The van der Waals surface area contributed by atoms with Crippen LogP contribution in [0.25, 0.3) is 0 Å². The molecule has 2 amide bonds. The van der Waals surface area contributed by atoms with E-state index in [4.69, 9.17) is 4.74 Å². The minimum absolute atomic E-state index is 0.0221. The van der Waals surface area contributed by atoms with Crippen LogP contribution >= 0.6 is 27.7 Å². The number of benzene rings is 1. The zero-order valence-electron chi connectivity index (χ0n) is 19.2. The molecule has 0 radical (unpaired) electrons. The normalized spacial score (nSPS) is 32.2. The standard InChI is InChI=1S/C24H31BrN2O5S/c1-4-32-23(31)16-17-22(30)27(10-5-6-11-28)20(24(17)12-15(25)19(16)33-24)21(29)26-18-13(2)8-7-9-14(18)3/h7-9,15-17,19-20,28H,4-6,10-12H2,1-3H3,(H,26,29)/t15?,16-,17+,19-,20?,24?/m1/s1. The van der Waals surface area contributed by atoms with Crippen molar-refractivity contribution in [3.8, 4) is 0 Å². The molecular formula is C24H31BrN2O5S. The molecule has 1 aromatic rings. The maximum atomic E-state index is 13.8. The Labute approximate surface area is 207 Å². The van der Waals surface area contributed by atoms with Crippen LogP contribution in [0.15, 0.2) is 18.2 Å². The molecule has 1 aromatic carbocycles. The molecule has 6 atom stereocenters. The number of carbonyl (C=O) groups is 3. The fourth-order valence-electron chi connectivity index (χ4n) is 5.78. The van der Waals surface area contributed by atoms with Gasteiger partial charge < -0.3 is 20.1 Å². The van der Waals surface area contributed by atoms with Gasteiger partial charge in [0.25, 0.3) is 0 Å². The fourth-order valence-corrected chi connectivity index (χ4v) is 9.38. The van der Waals surface area contributed by atoms with Gasteiger partial charge >= 0.3 is 5.97 Å². The van der Waals surface area contributed by atoms with Crippen LogP contribution in [0.4, 0.5) is 5.69 Å². The molecule has 7 nitrogen and oxygen atoms in total. The van der Waals surface area contributed by atoms with Crippen LogP contribution in [0.5, 0.6) is 0 Å². The number of nitrogens with zero attached hydrogens (tertiary/aromatic N) is 1. The van der Waals surface area contributed by atoms with Crippen LogP contribution in [-0.2, 0) is 19.1 Å². The van der Waals surface area contributed by atoms with E-state index in [2.05, 4.69) is 21.2 Å². The molecule has 0 aliphatic carbocycles. The smallest absolute Gasteiger partial charge is 0.310 e. The van der Waals surface area contributed by atoms with Gasteiger partial charge in [0.1, 0.15) is 6.04 Å². The van der Waals surface area contributed by atoms with Gasteiger partial charge in [-0.2, -0.15) is 0 Å². The third kappa shape index (κ3) is 4.00. The summed E-state index contributed by atoms with van der Waals surface area (Å²) in [5, 5.41) is 12.3. The average Bonchev–Trinajstić information content (AvgIpc) is 3.35. The van der Waals surface area contributed by atoms with Crippen molar-refractivity contribution in [1.29, 1.82) is 0 Å². The first-order valence-electron chi connectivity index (χ1n) is 11.5. The fraction of sp³-hybridized carbons (Fsp3) is 0.625. The molecule has 3 heterocycles.